The van der Waals surface area contributed by atoms with Crippen molar-refractivity contribution in [3.8, 4) is 22.8 Å². The SMILES string of the molecule is CCCC(NC(=O)C1CCOC1)c1ncc(-c2ccc3c(c2)OCO3)[nH]1. The number of hydrogen-bond donors (Lipinski definition) is 2. The van der Waals surface area contributed by atoms with Crippen LogP contribution in [-0.4, -0.2) is 35.9 Å². The van der Waals surface area contributed by atoms with E-state index in [2.05, 4.69) is 22.2 Å². The van der Waals surface area contributed by atoms with Crippen molar-refractivity contribution in [2.45, 2.75) is 32.2 Å². The number of nitrogens with one attached hydrogen (secondary N) is 2. The molecule has 7 nitrogen and oxygen atoms in total. The number of imidazole rings is 1. The van der Waals surface area contributed by atoms with Gasteiger partial charge in [0.15, 0.2) is 11.5 Å². The maximum Gasteiger partial charge on any atom is 0.231 e. The van der Waals surface area contributed by atoms with Crippen LogP contribution in [0.3, 0.4) is 0 Å². The van der Waals surface area contributed by atoms with E-state index in [1.54, 1.807) is 6.20 Å². The summed E-state index contributed by atoms with van der Waals surface area (Å²) in [7, 11) is 0. The number of carbonyl (C=O) groups excluding carboxylic acids is 1. The maximum absolute atomic E-state index is 12.4. The Balaban J connectivity index is 1.51. The van der Waals surface area contributed by atoms with Crippen LogP contribution in [0.2, 0.25) is 0 Å². The minimum absolute atomic E-state index is 0.0435. The van der Waals surface area contributed by atoms with Gasteiger partial charge < -0.3 is 24.5 Å². The van der Waals surface area contributed by atoms with Gasteiger partial charge in [-0.15, -0.1) is 0 Å². The van der Waals surface area contributed by atoms with E-state index >= 15 is 0 Å². The smallest absolute Gasteiger partial charge is 0.231 e. The number of hydrogen-bond acceptors (Lipinski definition) is 5. The van der Waals surface area contributed by atoms with Crippen LogP contribution in [0.25, 0.3) is 11.3 Å². The first-order chi connectivity index (χ1) is 12.7. The topological polar surface area (TPSA) is 85.5 Å². The molecule has 0 bridgehead atoms. The molecule has 3 heterocycles. The summed E-state index contributed by atoms with van der Waals surface area (Å²) in [4.78, 5) is 20.3. The molecule has 1 saturated heterocycles. The molecule has 7 heteroatoms. The lowest BCUT2D eigenvalue weighted by molar-refractivity contribution is -0.125. The van der Waals surface area contributed by atoms with Crippen molar-refractivity contribution >= 4 is 5.91 Å². The third kappa shape index (κ3) is 3.39. The van der Waals surface area contributed by atoms with Gasteiger partial charge in [0.25, 0.3) is 0 Å². The fourth-order valence-corrected chi connectivity index (χ4v) is 3.32. The summed E-state index contributed by atoms with van der Waals surface area (Å²) in [5.41, 5.74) is 1.86. The van der Waals surface area contributed by atoms with Crippen molar-refractivity contribution in [1.82, 2.24) is 15.3 Å². The van der Waals surface area contributed by atoms with E-state index < -0.39 is 0 Å². The van der Waals surface area contributed by atoms with Gasteiger partial charge in [-0.05, 0) is 31.0 Å². The summed E-state index contributed by atoms with van der Waals surface area (Å²) in [5, 5.41) is 3.13. The molecule has 0 aliphatic carbocycles. The molecule has 1 fully saturated rings. The number of H-pyrrole nitrogens is 1. The zero-order valence-corrected chi connectivity index (χ0v) is 14.8. The predicted octanol–water partition coefficient (Wildman–Crippen LogP) is 2.80. The summed E-state index contributed by atoms with van der Waals surface area (Å²) in [6, 6.07) is 5.66. The van der Waals surface area contributed by atoms with Crippen LogP contribution >= 0.6 is 0 Å². The molecule has 0 spiro atoms. The van der Waals surface area contributed by atoms with Crippen LogP contribution in [0.5, 0.6) is 11.5 Å². The van der Waals surface area contributed by atoms with E-state index in [9.17, 15) is 4.79 Å². The first-order valence-corrected chi connectivity index (χ1v) is 9.07. The average molecular weight is 357 g/mol. The number of carbonyl (C=O) groups is 1. The normalized spacial score (nSPS) is 19.5. The Labute approximate surface area is 152 Å². The van der Waals surface area contributed by atoms with E-state index in [4.69, 9.17) is 14.2 Å². The average Bonchev–Trinajstić information content (AvgIpc) is 3.41. The van der Waals surface area contributed by atoms with E-state index in [0.29, 0.717) is 13.2 Å². The van der Waals surface area contributed by atoms with Crippen LogP contribution in [0.15, 0.2) is 24.4 Å². The number of nitrogens with zero attached hydrogens (tertiary/aromatic N) is 1. The van der Waals surface area contributed by atoms with E-state index in [1.165, 1.54) is 0 Å². The van der Waals surface area contributed by atoms with Gasteiger partial charge in [-0.1, -0.05) is 13.3 Å². The van der Waals surface area contributed by atoms with E-state index in [0.717, 1.165) is 47.8 Å². The Morgan fingerprint density at radius 1 is 1.38 bits per heavy atom. The standard InChI is InChI=1S/C19H23N3O4/c1-2-3-14(22-19(23)13-6-7-24-10-13)18-20-9-15(21-18)12-4-5-16-17(8-12)26-11-25-16/h4-5,8-9,13-14H,2-3,6-7,10-11H2,1H3,(H,20,21)(H,22,23). The summed E-state index contributed by atoms with van der Waals surface area (Å²) in [5.74, 6) is 2.24. The number of benzene rings is 1. The number of amides is 1. The highest BCUT2D eigenvalue weighted by Gasteiger charge is 2.27. The van der Waals surface area contributed by atoms with Crippen molar-refractivity contribution in [1.29, 1.82) is 0 Å². The second kappa shape index (κ2) is 7.37. The zero-order chi connectivity index (χ0) is 17.9. The summed E-state index contributed by atoms with van der Waals surface area (Å²) in [6.07, 6.45) is 4.35. The Morgan fingerprint density at radius 3 is 3.08 bits per heavy atom. The second-order valence-electron chi connectivity index (χ2n) is 6.66. The van der Waals surface area contributed by atoms with Gasteiger partial charge in [-0.2, -0.15) is 0 Å². The van der Waals surface area contributed by atoms with Gasteiger partial charge in [0.1, 0.15) is 5.82 Å². The molecule has 1 aromatic carbocycles. The number of aromatic amines is 1. The molecular formula is C19H23N3O4. The zero-order valence-electron chi connectivity index (χ0n) is 14.8. The lowest BCUT2D eigenvalue weighted by Crippen LogP contribution is -2.34. The molecule has 2 unspecified atom stereocenters. The number of fused-ring (bicyclic) bond motifs is 1. The molecular weight excluding hydrogens is 334 g/mol. The van der Waals surface area contributed by atoms with Crippen LogP contribution < -0.4 is 14.8 Å². The second-order valence-corrected chi connectivity index (χ2v) is 6.66. The number of ether oxygens (including phenoxy) is 3. The Kier molecular flexibility index (Phi) is 4.79. The molecule has 1 aromatic heterocycles. The highest BCUT2D eigenvalue weighted by Crippen LogP contribution is 2.35. The maximum atomic E-state index is 12.4. The van der Waals surface area contributed by atoms with Gasteiger partial charge in [0.2, 0.25) is 12.7 Å². The summed E-state index contributed by atoms with van der Waals surface area (Å²) in [6.45, 7) is 3.51. The van der Waals surface area contributed by atoms with E-state index in [1.807, 2.05) is 18.2 Å². The van der Waals surface area contributed by atoms with Crippen molar-refractivity contribution in [2.24, 2.45) is 5.92 Å². The molecule has 2 aliphatic rings. The largest absolute Gasteiger partial charge is 0.454 e. The van der Waals surface area contributed by atoms with Gasteiger partial charge >= 0.3 is 0 Å². The fraction of sp³-hybridized carbons (Fsp3) is 0.474. The molecule has 2 aliphatic heterocycles. The molecule has 2 N–H and O–H groups in total. The molecule has 4 rings (SSSR count). The quantitative estimate of drug-likeness (QED) is 0.830. The summed E-state index contributed by atoms with van der Waals surface area (Å²) < 4.78 is 16.1. The molecule has 2 atom stereocenters. The van der Waals surface area contributed by atoms with Crippen molar-refractivity contribution in [2.75, 3.05) is 20.0 Å². The highest BCUT2D eigenvalue weighted by molar-refractivity contribution is 5.79. The van der Waals surface area contributed by atoms with Gasteiger partial charge in [-0.3, -0.25) is 4.79 Å². The van der Waals surface area contributed by atoms with Crippen molar-refractivity contribution in [3.63, 3.8) is 0 Å². The Hall–Kier alpha value is -2.54. The molecule has 0 radical (unpaired) electrons. The highest BCUT2D eigenvalue weighted by atomic mass is 16.7. The predicted molar refractivity (Wildman–Crippen MR) is 94.9 cm³/mol. The molecule has 1 amide bonds. The Bertz CT molecular complexity index is 783. The van der Waals surface area contributed by atoms with Gasteiger partial charge in [0, 0.05) is 12.2 Å². The van der Waals surface area contributed by atoms with E-state index in [-0.39, 0.29) is 24.7 Å². The van der Waals surface area contributed by atoms with Crippen LogP contribution in [0, 0.1) is 5.92 Å². The third-order valence-electron chi connectivity index (χ3n) is 4.80. The molecule has 2 aromatic rings. The number of aromatic nitrogens is 2. The molecule has 26 heavy (non-hydrogen) atoms. The third-order valence-corrected chi connectivity index (χ3v) is 4.80. The van der Waals surface area contributed by atoms with Crippen molar-refractivity contribution in [3.05, 3.63) is 30.2 Å². The van der Waals surface area contributed by atoms with Crippen LogP contribution in [-0.2, 0) is 9.53 Å². The minimum Gasteiger partial charge on any atom is -0.454 e. The molecule has 0 saturated carbocycles. The monoisotopic (exact) mass is 357 g/mol. The first-order valence-electron chi connectivity index (χ1n) is 9.07. The number of rotatable bonds is 6. The fourth-order valence-electron chi connectivity index (χ4n) is 3.32. The summed E-state index contributed by atoms with van der Waals surface area (Å²) >= 11 is 0. The minimum atomic E-state index is -0.129. The lowest BCUT2D eigenvalue weighted by Gasteiger charge is -2.18. The Morgan fingerprint density at radius 2 is 2.27 bits per heavy atom. The molecule has 138 valence electrons. The van der Waals surface area contributed by atoms with Gasteiger partial charge in [0.05, 0.1) is 30.5 Å². The van der Waals surface area contributed by atoms with Crippen molar-refractivity contribution < 1.29 is 19.0 Å². The lowest BCUT2D eigenvalue weighted by atomic mass is 10.1. The first kappa shape index (κ1) is 16.9. The van der Waals surface area contributed by atoms with Crippen LogP contribution in [0.1, 0.15) is 38.1 Å². The van der Waals surface area contributed by atoms with Crippen LogP contribution in [0.4, 0.5) is 0 Å². The van der Waals surface area contributed by atoms with Gasteiger partial charge in [-0.25, -0.2) is 4.98 Å².